The van der Waals surface area contributed by atoms with Gasteiger partial charge in [-0.3, -0.25) is 14.9 Å². The number of carboxylic acids is 1. The Balaban J connectivity index is 3.16. The lowest BCUT2D eigenvalue weighted by molar-refractivity contribution is -0.386. The monoisotopic (exact) mass is 254 g/mol. The topological polar surface area (TPSA) is 133 Å². The third kappa shape index (κ3) is 2.94. The van der Waals surface area contributed by atoms with Gasteiger partial charge in [0.15, 0.2) is 11.9 Å². The zero-order valence-corrected chi connectivity index (χ0v) is 9.32. The Hall–Kier alpha value is -2.64. The Labute approximate surface area is 101 Å². The first-order valence-electron chi connectivity index (χ1n) is 4.80. The third-order valence-corrected chi connectivity index (χ3v) is 2.09. The molecule has 0 bridgehead atoms. The lowest BCUT2D eigenvalue weighted by Crippen LogP contribution is -2.23. The molecule has 0 aromatic heterocycles. The quantitative estimate of drug-likeness (QED) is 0.582. The van der Waals surface area contributed by atoms with E-state index in [-0.39, 0.29) is 11.3 Å². The van der Waals surface area contributed by atoms with Crippen molar-refractivity contribution in [2.24, 2.45) is 5.73 Å². The Morgan fingerprint density at radius 1 is 1.50 bits per heavy atom. The van der Waals surface area contributed by atoms with Crippen LogP contribution in [-0.4, -0.2) is 28.0 Å². The fourth-order valence-electron chi connectivity index (χ4n) is 1.15. The summed E-state index contributed by atoms with van der Waals surface area (Å²) < 4.78 is 4.91. The number of hydrogen-bond donors (Lipinski definition) is 2. The van der Waals surface area contributed by atoms with Crippen LogP contribution < -0.4 is 10.5 Å². The van der Waals surface area contributed by atoms with E-state index >= 15 is 0 Å². The zero-order valence-electron chi connectivity index (χ0n) is 9.32. The minimum Gasteiger partial charge on any atom is -0.479 e. The Kier molecular flexibility index (Phi) is 3.82. The van der Waals surface area contributed by atoms with E-state index in [2.05, 4.69) is 0 Å². The zero-order chi connectivity index (χ0) is 13.9. The number of nitrogens with zero attached hydrogens (tertiary/aromatic N) is 1. The second-order valence-electron chi connectivity index (χ2n) is 3.40. The Morgan fingerprint density at radius 3 is 2.56 bits per heavy atom. The third-order valence-electron chi connectivity index (χ3n) is 2.09. The largest absolute Gasteiger partial charge is 0.479 e. The smallest absolute Gasteiger partial charge is 0.344 e. The SMILES string of the molecule is C[C@@H](Oc1ccc(C(N)=O)cc1[N+](=O)[O-])C(=O)O. The number of nitro benzene ring substituents is 1. The van der Waals surface area contributed by atoms with Crippen molar-refractivity contribution in [2.45, 2.75) is 13.0 Å². The maximum Gasteiger partial charge on any atom is 0.344 e. The molecular formula is C10H10N2O6. The number of carboxylic acid groups (broad SMARTS) is 1. The predicted molar refractivity (Wildman–Crippen MR) is 59.3 cm³/mol. The number of nitrogens with two attached hydrogens (primary N) is 1. The highest BCUT2D eigenvalue weighted by molar-refractivity contribution is 5.93. The Morgan fingerprint density at radius 2 is 2.11 bits per heavy atom. The fourth-order valence-corrected chi connectivity index (χ4v) is 1.15. The van der Waals surface area contributed by atoms with Gasteiger partial charge in [-0.15, -0.1) is 0 Å². The lowest BCUT2D eigenvalue weighted by Gasteiger charge is -2.10. The highest BCUT2D eigenvalue weighted by atomic mass is 16.6. The van der Waals surface area contributed by atoms with E-state index in [4.69, 9.17) is 15.6 Å². The van der Waals surface area contributed by atoms with Crippen LogP contribution in [0, 0.1) is 10.1 Å². The summed E-state index contributed by atoms with van der Waals surface area (Å²) in [6, 6.07) is 3.29. The predicted octanol–water partition coefficient (Wildman–Crippen LogP) is 0.546. The van der Waals surface area contributed by atoms with Crippen LogP contribution in [0.3, 0.4) is 0 Å². The first-order valence-corrected chi connectivity index (χ1v) is 4.80. The summed E-state index contributed by atoms with van der Waals surface area (Å²) in [5.74, 6) is -2.32. The number of nitro groups is 1. The van der Waals surface area contributed by atoms with Gasteiger partial charge in [-0.05, 0) is 19.1 Å². The fraction of sp³-hybridized carbons (Fsp3) is 0.200. The van der Waals surface area contributed by atoms with Crippen LogP contribution >= 0.6 is 0 Å². The number of primary amides is 1. The summed E-state index contributed by atoms with van der Waals surface area (Å²) in [7, 11) is 0. The summed E-state index contributed by atoms with van der Waals surface area (Å²) in [5.41, 5.74) is 4.41. The van der Waals surface area contributed by atoms with E-state index < -0.39 is 28.6 Å². The van der Waals surface area contributed by atoms with E-state index in [9.17, 15) is 19.7 Å². The molecule has 0 heterocycles. The molecule has 0 aliphatic heterocycles. The molecule has 0 aliphatic rings. The molecule has 1 aromatic rings. The van der Waals surface area contributed by atoms with Crippen molar-refractivity contribution in [3.8, 4) is 5.75 Å². The average molecular weight is 254 g/mol. The molecule has 1 atom stereocenters. The molecule has 1 rings (SSSR count). The number of benzene rings is 1. The van der Waals surface area contributed by atoms with Gasteiger partial charge in [-0.2, -0.15) is 0 Å². The molecule has 0 spiro atoms. The molecule has 18 heavy (non-hydrogen) atoms. The van der Waals surface area contributed by atoms with Crippen LogP contribution in [0.5, 0.6) is 5.75 Å². The Bertz CT molecular complexity index is 513. The first-order chi connectivity index (χ1) is 8.32. The standard InChI is InChI=1S/C10H10N2O6/c1-5(10(14)15)18-8-3-2-6(9(11)13)4-7(8)12(16)17/h2-5H,1H3,(H2,11,13)(H,14,15)/t5-/m1/s1. The van der Waals surface area contributed by atoms with Crippen molar-refractivity contribution in [1.82, 2.24) is 0 Å². The van der Waals surface area contributed by atoms with E-state index in [0.29, 0.717) is 0 Å². The van der Waals surface area contributed by atoms with Crippen LogP contribution in [0.4, 0.5) is 5.69 Å². The second kappa shape index (κ2) is 5.13. The van der Waals surface area contributed by atoms with E-state index in [1.54, 1.807) is 0 Å². The molecule has 1 amide bonds. The number of carbonyl (C=O) groups is 2. The van der Waals surface area contributed by atoms with Gasteiger partial charge in [0.25, 0.3) is 0 Å². The second-order valence-corrected chi connectivity index (χ2v) is 3.40. The number of ether oxygens (including phenoxy) is 1. The number of rotatable bonds is 5. The van der Waals surface area contributed by atoms with Gasteiger partial charge in [0.2, 0.25) is 5.91 Å². The van der Waals surface area contributed by atoms with Crippen molar-refractivity contribution in [1.29, 1.82) is 0 Å². The molecule has 0 saturated heterocycles. The van der Waals surface area contributed by atoms with Crippen LogP contribution in [0.15, 0.2) is 18.2 Å². The van der Waals surface area contributed by atoms with Crippen LogP contribution in [0.2, 0.25) is 0 Å². The molecular weight excluding hydrogens is 244 g/mol. The van der Waals surface area contributed by atoms with Crippen LogP contribution in [0.1, 0.15) is 17.3 Å². The molecule has 8 nitrogen and oxygen atoms in total. The van der Waals surface area contributed by atoms with Gasteiger partial charge in [0, 0.05) is 11.6 Å². The molecule has 0 unspecified atom stereocenters. The maximum atomic E-state index is 10.9. The average Bonchev–Trinajstić information content (AvgIpc) is 2.28. The number of carbonyl (C=O) groups excluding carboxylic acids is 1. The number of aliphatic carboxylic acids is 1. The number of amides is 1. The van der Waals surface area contributed by atoms with Gasteiger partial charge in [0.05, 0.1) is 4.92 Å². The number of hydrogen-bond acceptors (Lipinski definition) is 5. The summed E-state index contributed by atoms with van der Waals surface area (Å²) in [5, 5.41) is 19.4. The highest BCUT2D eigenvalue weighted by Crippen LogP contribution is 2.28. The van der Waals surface area contributed by atoms with Crippen molar-refractivity contribution in [3.63, 3.8) is 0 Å². The van der Waals surface area contributed by atoms with Gasteiger partial charge in [-0.25, -0.2) is 4.79 Å². The molecule has 0 saturated carbocycles. The summed E-state index contributed by atoms with van der Waals surface area (Å²) in [6.45, 7) is 1.23. The molecule has 0 aliphatic carbocycles. The van der Waals surface area contributed by atoms with E-state index in [1.165, 1.54) is 13.0 Å². The summed E-state index contributed by atoms with van der Waals surface area (Å²) in [4.78, 5) is 31.5. The molecule has 1 aromatic carbocycles. The highest BCUT2D eigenvalue weighted by Gasteiger charge is 2.22. The van der Waals surface area contributed by atoms with Crippen LogP contribution in [0.25, 0.3) is 0 Å². The van der Waals surface area contributed by atoms with Crippen molar-refractivity contribution in [2.75, 3.05) is 0 Å². The van der Waals surface area contributed by atoms with Gasteiger partial charge in [-0.1, -0.05) is 0 Å². The first kappa shape index (κ1) is 13.4. The van der Waals surface area contributed by atoms with Gasteiger partial charge < -0.3 is 15.6 Å². The van der Waals surface area contributed by atoms with Crippen molar-refractivity contribution in [3.05, 3.63) is 33.9 Å². The summed E-state index contributed by atoms with van der Waals surface area (Å²) in [6.07, 6.45) is -1.25. The molecule has 0 fully saturated rings. The van der Waals surface area contributed by atoms with E-state index in [1.807, 2.05) is 0 Å². The molecule has 8 heteroatoms. The normalized spacial score (nSPS) is 11.6. The lowest BCUT2D eigenvalue weighted by atomic mass is 10.2. The minimum atomic E-state index is -1.26. The van der Waals surface area contributed by atoms with Gasteiger partial charge in [0.1, 0.15) is 0 Å². The maximum absolute atomic E-state index is 10.9. The molecule has 3 N–H and O–H groups in total. The van der Waals surface area contributed by atoms with Crippen LogP contribution in [-0.2, 0) is 4.79 Å². The van der Waals surface area contributed by atoms with E-state index in [0.717, 1.165) is 12.1 Å². The minimum absolute atomic E-state index is 0.0583. The molecule has 0 radical (unpaired) electrons. The van der Waals surface area contributed by atoms with Crippen molar-refractivity contribution < 1.29 is 24.4 Å². The van der Waals surface area contributed by atoms with Gasteiger partial charge >= 0.3 is 11.7 Å². The summed E-state index contributed by atoms with van der Waals surface area (Å²) >= 11 is 0. The molecule has 96 valence electrons. The van der Waals surface area contributed by atoms with Crippen molar-refractivity contribution >= 4 is 17.6 Å².